The number of ether oxygens (including phenoxy) is 1. The predicted molar refractivity (Wildman–Crippen MR) is 107 cm³/mol. The van der Waals surface area contributed by atoms with Crippen LogP contribution in [0.25, 0.3) is 22.0 Å². The van der Waals surface area contributed by atoms with Crippen LogP contribution in [0, 0.1) is 0 Å². The molecule has 0 saturated heterocycles. The number of benzene rings is 1. The van der Waals surface area contributed by atoms with Crippen LogP contribution in [0.5, 0.6) is 5.88 Å². The summed E-state index contributed by atoms with van der Waals surface area (Å²) in [5.41, 5.74) is 5.03. The monoisotopic (exact) mass is 388 g/mol. The number of rotatable bonds is 6. The number of nitrogens with one attached hydrogen (secondary N) is 2. The van der Waals surface area contributed by atoms with Crippen LogP contribution in [0.4, 0.5) is 5.82 Å². The predicted octanol–water partition coefficient (Wildman–Crippen LogP) is 3.64. The van der Waals surface area contributed by atoms with Gasteiger partial charge < -0.3 is 14.6 Å². The van der Waals surface area contributed by atoms with Gasteiger partial charge in [-0.2, -0.15) is 4.98 Å². The van der Waals surface area contributed by atoms with E-state index in [1.165, 1.54) is 7.11 Å². The number of halogens is 1. The molecule has 0 atom stereocenters. The van der Waals surface area contributed by atoms with E-state index < -0.39 is 0 Å². The Bertz CT molecular complexity index is 984. The fourth-order valence-corrected chi connectivity index (χ4v) is 3.08. The summed E-state index contributed by atoms with van der Waals surface area (Å²) in [7, 11) is 5.22. The number of hydrogen-bond acceptors (Lipinski definition) is 5. The highest BCUT2D eigenvalue weighted by atomic mass is 35.5. The van der Waals surface area contributed by atoms with Crippen molar-refractivity contribution in [1.82, 2.24) is 15.4 Å². The normalized spacial score (nSPS) is 10.9. The average Bonchev–Trinajstić information content (AvgIpc) is 3.04. The molecule has 0 spiro atoms. The van der Waals surface area contributed by atoms with Crippen molar-refractivity contribution in [3.8, 4) is 17.0 Å². The molecule has 2 aromatic heterocycles. The lowest BCUT2D eigenvalue weighted by Crippen LogP contribution is -2.21. The van der Waals surface area contributed by atoms with Gasteiger partial charge in [-0.15, -0.1) is 0 Å². The maximum Gasteiger partial charge on any atom is 0.276 e. The highest BCUT2D eigenvalue weighted by Gasteiger charge is 2.18. The smallest absolute Gasteiger partial charge is 0.276 e. The number of anilines is 1. The molecule has 0 bridgehead atoms. The second-order valence-corrected chi connectivity index (χ2v) is 6.47. The molecule has 1 amide bonds. The number of aromatic nitrogens is 2. The molecule has 27 heavy (non-hydrogen) atoms. The molecule has 142 valence electrons. The first-order valence-electron chi connectivity index (χ1n) is 8.41. The van der Waals surface area contributed by atoms with Crippen LogP contribution in [0.2, 0.25) is 5.02 Å². The molecule has 3 aromatic rings. The van der Waals surface area contributed by atoms with Crippen molar-refractivity contribution >= 4 is 34.2 Å². The number of pyridine rings is 1. The van der Waals surface area contributed by atoms with Crippen LogP contribution in [0.1, 0.15) is 17.3 Å². The number of carbonyl (C=O) groups is 1. The molecular weight excluding hydrogens is 368 g/mol. The Morgan fingerprint density at radius 3 is 2.74 bits per heavy atom. The Morgan fingerprint density at radius 1 is 1.30 bits per heavy atom. The SMILES string of the molecule is CCOc1nc(N(C)C)ccc1-c1cc2c(C(=O)NOC)c[nH]c2cc1Cl. The molecule has 0 radical (unpaired) electrons. The van der Waals surface area contributed by atoms with E-state index in [1.54, 1.807) is 12.3 Å². The number of carbonyl (C=O) groups excluding carboxylic acids is 1. The van der Waals surface area contributed by atoms with Gasteiger partial charge in [0.05, 0.1) is 24.3 Å². The van der Waals surface area contributed by atoms with Crippen LogP contribution in [0.3, 0.4) is 0 Å². The molecule has 7 nitrogen and oxygen atoms in total. The maximum atomic E-state index is 12.2. The topological polar surface area (TPSA) is 79.5 Å². The van der Waals surface area contributed by atoms with Gasteiger partial charge in [-0.1, -0.05) is 11.6 Å². The Hall–Kier alpha value is -2.77. The van der Waals surface area contributed by atoms with Crippen LogP contribution >= 0.6 is 11.6 Å². The fourth-order valence-electron chi connectivity index (χ4n) is 2.82. The van der Waals surface area contributed by atoms with E-state index in [-0.39, 0.29) is 5.91 Å². The standard InChI is InChI=1S/C19H21ClN4O3/c1-5-27-19-11(6-7-17(22-19)24(2)3)12-8-13-14(18(25)23-26-4)10-21-16(13)9-15(12)20/h6-10,21H,5H2,1-4H3,(H,23,25). The van der Waals surface area contributed by atoms with E-state index in [0.717, 1.165) is 27.8 Å². The van der Waals surface area contributed by atoms with E-state index in [4.69, 9.17) is 21.2 Å². The third kappa shape index (κ3) is 3.70. The first-order chi connectivity index (χ1) is 13.0. The molecule has 0 unspecified atom stereocenters. The lowest BCUT2D eigenvalue weighted by atomic mass is 10.0. The van der Waals surface area contributed by atoms with E-state index in [2.05, 4.69) is 15.4 Å². The highest BCUT2D eigenvalue weighted by molar-refractivity contribution is 6.34. The molecule has 0 aliphatic carbocycles. The number of hydroxylamine groups is 1. The lowest BCUT2D eigenvalue weighted by molar-refractivity contribution is 0.0539. The minimum Gasteiger partial charge on any atom is -0.477 e. The lowest BCUT2D eigenvalue weighted by Gasteiger charge is -2.16. The van der Waals surface area contributed by atoms with Gasteiger partial charge in [0.2, 0.25) is 5.88 Å². The largest absolute Gasteiger partial charge is 0.477 e. The summed E-state index contributed by atoms with van der Waals surface area (Å²) < 4.78 is 5.74. The molecule has 0 aliphatic rings. The van der Waals surface area contributed by atoms with Gasteiger partial charge >= 0.3 is 0 Å². The van der Waals surface area contributed by atoms with E-state index in [9.17, 15) is 4.79 Å². The van der Waals surface area contributed by atoms with Gasteiger partial charge in [-0.25, -0.2) is 5.48 Å². The molecular formula is C19H21ClN4O3. The van der Waals surface area contributed by atoms with Crippen molar-refractivity contribution in [1.29, 1.82) is 0 Å². The summed E-state index contributed by atoms with van der Waals surface area (Å²) in [6, 6.07) is 7.45. The zero-order chi connectivity index (χ0) is 19.6. The maximum absolute atomic E-state index is 12.2. The number of H-pyrrole nitrogens is 1. The van der Waals surface area contributed by atoms with Gasteiger partial charge in [0, 0.05) is 42.3 Å². The number of nitrogens with zero attached hydrogens (tertiary/aromatic N) is 2. The second-order valence-electron chi connectivity index (χ2n) is 6.06. The third-order valence-electron chi connectivity index (χ3n) is 4.08. The molecule has 0 saturated carbocycles. The van der Waals surface area contributed by atoms with Gasteiger partial charge in [-0.3, -0.25) is 9.63 Å². The first-order valence-corrected chi connectivity index (χ1v) is 8.79. The first kappa shape index (κ1) is 19.0. The van der Waals surface area contributed by atoms with Crippen LogP contribution in [-0.2, 0) is 4.84 Å². The van der Waals surface area contributed by atoms with Crippen molar-refractivity contribution < 1.29 is 14.4 Å². The Morgan fingerprint density at radius 2 is 2.07 bits per heavy atom. The minimum absolute atomic E-state index is 0.344. The van der Waals surface area contributed by atoms with Gasteiger partial charge in [0.15, 0.2) is 0 Å². The van der Waals surface area contributed by atoms with Gasteiger partial charge in [-0.05, 0) is 31.2 Å². The molecule has 0 aliphatic heterocycles. The van der Waals surface area contributed by atoms with Crippen LogP contribution in [-0.4, -0.2) is 43.7 Å². The summed E-state index contributed by atoms with van der Waals surface area (Å²) >= 11 is 6.52. The zero-order valence-electron chi connectivity index (χ0n) is 15.6. The summed E-state index contributed by atoms with van der Waals surface area (Å²) in [5.74, 6) is 0.924. The molecule has 2 N–H and O–H groups in total. The molecule has 0 fully saturated rings. The van der Waals surface area contributed by atoms with E-state index in [0.29, 0.717) is 23.1 Å². The molecule has 8 heteroatoms. The van der Waals surface area contributed by atoms with Crippen molar-refractivity contribution in [2.75, 3.05) is 32.7 Å². The highest BCUT2D eigenvalue weighted by Crippen LogP contribution is 2.38. The zero-order valence-corrected chi connectivity index (χ0v) is 16.3. The molecule has 3 rings (SSSR count). The van der Waals surface area contributed by atoms with Gasteiger partial charge in [0.25, 0.3) is 5.91 Å². The fraction of sp³-hybridized carbons (Fsp3) is 0.263. The summed E-state index contributed by atoms with van der Waals surface area (Å²) in [6.45, 7) is 2.38. The van der Waals surface area contributed by atoms with Crippen LogP contribution in [0.15, 0.2) is 30.5 Å². The minimum atomic E-state index is -0.344. The molecule has 1 aromatic carbocycles. The Kier molecular flexibility index (Phi) is 5.53. The van der Waals surface area contributed by atoms with Crippen molar-refractivity contribution in [3.63, 3.8) is 0 Å². The average molecular weight is 389 g/mol. The van der Waals surface area contributed by atoms with Crippen LogP contribution < -0.4 is 15.1 Å². The summed E-state index contributed by atoms with van der Waals surface area (Å²) in [4.78, 5) is 26.5. The quantitative estimate of drug-likeness (QED) is 0.630. The summed E-state index contributed by atoms with van der Waals surface area (Å²) in [5, 5.41) is 1.26. The summed E-state index contributed by atoms with van der Waals surface area (Å²) in [6.07, 6.45) is 1.62. The van der Waals surface area contributed by atoms with Crippen molar-refractivity contribution in [3.05, 3.63) is 41.0 Å². The Balaban J connectivity index is 2.17. The number of hydrogen-bond donors (Lipinski definition) is 2. The molecule has 2 heterocycles. The third-order valence-corrected chi connectivity index (χ3v) is 4.40. The number of amides is 1. The van der Waals surface area contributed by atoms with Gasteiger partial charge in [0.1, 0.15) is 5.82 Å². The second kappa shape index (κ2) is 7.85. The number of aromatic amines is 1. The van der Waals surface area contributed by atoms with Crippen molar-refractivity contribution in [2.45, 2.75) is 6.92 Å². The Labute approximate surface area is 162 Å². The van der Waals surface area contributed by atoms with E-state index >= 15 is 0 Å². The van der Waals surface area contributed by atoms with Crippen molar-refractivity contribution in [2.24, 2.45) is 0 Å². The van der Waals surface area contributed by atoms with E-state index in [1.807, 2.05) is 44.1 Å². The number of fused-ring (bicyclic) bond motifs is 1.